The van der Waals surface area contributed by atoms with Gasteiger partial charge in [0, 0.05) is 10.9 Å². The predicted molar refractivity (Wildman–Crippen MR) is 84.7 cm³/mol. The molecule has 0 saturated heterocycles. The molecule has 0 radical (unpaired) electrons. The number of nitrogens with one attached hydrogen (secondary N) is 1. The molecule has 0 unspecified atom stereocenters. The highest BCUT2D eigenvalue weighted by Gasteiger charge is 2.30. The third kappa shape index (κ3) is 2.99. The van der Waals surface area contributed by atoms with E-state index in [9.17, 15) is 18.0 Å². The number of esters is 1. The van der Waals surface area contributed by atoms with Crippen LogP contribution in [-0.2, 0) is 10.9 Å². The topological polar surface area (TPSA) is 42.1 Å². The smallest absolute Gasteiger partial charge is 0.416 e. The van der Waals surface area contributed by atoms with Gasteiger partial charge in [0.2, 0.25) is 0 Å². The molecule has 1 N–H and O–H groups in total. The van der Waals surface area contributed by atoms with Crippen LogP contribution in [0.5, 0.6) is 0 Å². The molecule has 3 nitrogen and oxygen atoms in total. The van der Waals surface area contributed by atoms with E-state index in [1.165, 1.54) is 6.07 Å². The molecule has 124 valence electrons. The van der Waals surface area contributed by atoms with Crippen molar-refractivity contribution in [3.05, 3.63) is 59.8 Å². The van der Waals surface area contributed by atoms with Gasteiger partial charge in [-0.1, -0.05) is 30.3 Å². The van der Waals surface area contributed by atoms with Crippen LogP contribution in [0.1, 0.15) is 23.0 Å². The Morgan fingerprint density at radius 2 is 1.88 bits per heavy atom. The second-order valence-electron chi connectivity index (χ2n) is 5.25. The fraction of sp³-hybridized carbons (Fsp3) is 0.167. The highest BCUT2D eigenvalue weighted by atomic mass is 19.4. The van der Waals surface area contributed by atoms with Crippen LogP contribution in [0, 0.1) is 0 Å². The van der Waals surface area contributed by atoms with Gasteiger partial charge in [0.15, 0.2) is 0 Å². The van der Waals surface area contributed by atoms with Crippen molar-refractivity contribution < 1.29 is 22.7 Å². The maximum Gasteiger partial charge on any atom is 0.416 e. The Morgan fingerprint density at radius 3 is 2.58 bits per heavy atom. The quantitative estimate of drug-likeness (QED) is 0.683. The molecule has 6 heteroatoms. The first-order valence-corrected chi connectivity index (χ1v) is 7.36. The van der Waals surface area contributed by atoms with E-state index >= 15 is 0 Å². The van der Waals surface area contributed by atoms with Crippen molar-refractivity contribution in [2.24, 2.45) is 0 Å². The summed E-state index contributed by atoms with van der Waals surface area (Å²) < 4.78 is 43.7. The minimum Gasteiger partial charge on any atom is -0.461 e. The highest BCUT2D eigenvalue weighted by Crippen LogP contribution is 2.34. The van der Waals surface area contributed by atoms with Crippen LogP contribution in [0.15, 0.2) is 48.5 Å². The van der Waals surface area contributed by atoms with Crippen molar-refractivity contribution in [1.82, 2.24) is 4.98 Å². The second-order valence-corrected chi connectivity index (χ2v) is 5.25. The Morgan fingerprint density at radius 1 is 1.12 bits per heavy atom. The number of aromatic amines is 1. The van der Waals surface area contributed by atoms with Gasteiger partial charge in [-0.2, -0.15) is 13.2 Å². The largest absolute Gasteiger partial charge is 0.461 e. The molecule has 0 saturated carbocycles. The van der Waals surface area contributed by atoms with Crippen molar-refractivity contribution in [3.8, 4) is 11.1 Å². The molecule has 2 aromatic carbocycles. The minimum atomic E-state index is -4.41. The van der Waals surface area contributed by atoms with E-state index in [2.05, 4.69) is 4.98 Å². The van der Waals surface area contributed by atoms with Gasteiger partial charge in [-0.3, -0.25) is 0 Å². The molecule has 0 fully saturated rings. The Labute approximate surface area is 136 Å². The average molecular weight is 333 g/mol. The van der Waals surface area contributed by atoms with Crippen LogP contribution in [0.25, 0.3) is 22.0 Å². The van der Waals surface area contributed by atoms with Gasteiger partial charge in [0.05, 0.1) is 17.7 Å². The van der Waals surface area contributed by atoms with E-state index < -0.39 is 17.7 Å². The third-order valence-corrected chi connectivity index (χ3v) is 3.65. The van der Waals surface area contributed by atoms with E-state index in [1.807, 2.05) is 0 Å². The van der Waals surface area contributed by atoms with Crippen molar-refractivity contribution in [3.63, 3.8) is 0 Å². The van der Waals surface area contributed by atoms with Gasteiger partial charge in [-0.25, -0.2) is 4.79 Å². The SMILES string of the molecule is CCOC(=O)c1cc2cccc(-c3cccc(C(F)(F)F)c3)c2[nH]1. The molecule has 1 heterocycles. The van der Waals surface area contributed by atoms with Crippen molar-refractivity contribution in [1.29, 1.82) is 0 Å². The lowest BCUT2D eigenvalue weighted by atomic mass is 10.0. The molecule has 3 aromatic rings. The van der Waals surface area contributed by atoms with Gasteiger partial charge in [0.1, 0.15) is 5.69 Å². The zero-order valence-corrected chi connectivity index (χ0v) is 12.8. The average Bonchev–Trinajstić information content (AvgIpc) is 2.98. The predicted octanol–water partition coefficient (Wildman–Crippen LogP) is 5.03. The number of benzene rings is 2. The zero-order valence-electron chi connectivity index (χ0n) is 12.8. The van der Waals surface area contributed by atoms with E-state index in [0.717, 1.165) is 17.5 Å². The van der Waals surface area contributed by atoms with Gasteiger partial charge < -0.3 is 9.72 Å². The van der Waals surface area contributed by atoms with E-state index in [1.54, 1.807) is 37.3 Å². The van der Waals surface area contributed by atoms with Crippen LogP contribution < -0.4 is 0 Å². The summed E-state index contributed by atoms with van der Waals surface area (Å²) in [7, 11) is 0. The summed E-state index contributed by atoms with van der Waals surface area (Å²) in [4.78, 5) is 14.8. The van der Waals surface area contributed by atoms with Crippen LogP contribution in [-0.4, -0.2) is 17.6 Å². The van der Waals surface area contributed by atoms with E-state index in [0.29, 0.717) is 16.6 Å². The van der Waals surface area contributed by atoms with Crippen LogP contribution in [0.3, 0.4) is 0 Å². The number of rotatable bonds is 3. The van der Waals surface area contributed by atoms with Crippen LogP contribution in [0.4, 0.5) is 13.2 Å². The molecule has 24 heavy (non-hydrogen) atoms. The highest BCUT2D eigenvalue weighted by molar-refractivity contribution is 6.00. The molecule has 1 aromatic heterocycles. The summed E-state index contributed by atoms with van der Waals surface area (Å²) in [6.07, 6.45) is -4.41. The second kappa shape index (κ2) is 6.03. The third-order valence-electron chi connectivity index (χ3n) is 3.65. The first-order chi connectivity index (χ1) is 11.4. The molecular weight excluding hydrogens is 319 g/mol. The summed E-state index contributed by atoms with van der Waals surface area (Å²) in [5.74, 6) is -0.497. The van der Waals surface area contributed by atoms with Crippen LogP contribution in [0.2, 0.25) is 0 Å². The van der Waals surface area contributed by atoms with Crippen molar-refractivity contribution in [2.75, 3.05) is 6.61 Å². The first-order valence-electron chi connectivity index (χ1n) is 7.36. The minimum absolute atomic E-state index is 0.245. The zero-order chi connectivity index (χ0) is 17.3. The summed E-state index contributed by atoms with van der Waals surface area (Å²) in [6.45, 7) is 1.95. The lowest BCUT2D eigenvalue weighted by molar-refractivity contribution is -0.137. The number of halogens is 3. The number of ether oxygens (including phenoxy) is 1. The maximum atomic E-state index is 12.9. The standard InChI is InChI=1S/C18H14F3NO2/c1-2-24-17(23)15-10-12-6-4-8-14(16(12)22-15)11-5-3-7-13(9-11)18(19,20)21/h3-10,22H,2H2,1H3. The van der Waals surface area contributed by atoms with Gasteiger partial charge in [-0.05, 0) is 30.7 Å². The number of para-hydroxylation sites is 1. The Kier molecular flexibility index (Phi) is 4.05. The lowest BCUT2D eigenvalue weighted by Gasteiger charge is -2.09. The molecule has 0 amide bonds. The number of aromatic nitrogens is 1. The number of H-pyrrole nitrogens is 1. The van der Waals surface area contributed by atoms with E-state index in [4.69, 9.17) is 4.74 Å². The molecule has 0 aliphatic heterocycles. The summed E-state index contributed by atoms with van der Waals surface area (Å²) in [5.41, 5.74) is 1.17. The van der Waals surface area contributed by atoms with Gasteiger partial charge in [0.25, 0.3) is 0 Å². The fourth-order valence-electron chi connectivity index (χ4n) is 2.58. The Hall–Kier alpha value is -2.76. The summed E-state index contributed by atoms with van der Waals surface area (Å²) in [6, 6.07) is 12.0. The lowest BCUT2D eigenvalue weighted by Crippen LogP contribution is -2.04. The van der Waals surface area contributed by atoms with Crippen molar-refractivity contribution >= 4 is 16.9 Å². The molecule has 0 bridgehead atoms. The monoisotopic (exact) mass is 333 g/mol. The number of alkyl halides is 3. The fourth-order valence-corrected chi connectivity index (χ4v) is 2.58. The number of carbonyl (C=O) groups is 1. The van der Waals surface area contributed by atoms with Gasteiger partial charge in [-0.15, -0.1) is 0 Å². The molecule has 0 atom stereocenters. The Balaban J connectivity index is 2.12. The number of hydrogen-bond donors (Lipinski definition) is 1. The molecular formula is C18H14F3NO2. The normalized spacial score (nSPS) is 11.7. The number of hydrogen-bond acceptors (Lipinski definition) is 2. The van der Waals surface area contributed by atoms with Gasteiger partial charge >= 0.3 is 12.1 Å². The molecule has 0 aliphatic rings. The first kappa shape index (κ1) is 16.1. The number of carbonyl (C=O) groups excluding carboxylic acids is 1. The summed E-state index contributed by atoms with van der Waals surface area (Å²) in [5, 5.41) is 0.730. The summed E-state index contributed by atoms with van der Waals surface area (Å²) >= 11 is 0. The molecule has 0 aliphatic carbocycles. The molecule has 3 rings (SSSR count). The molecule has 0 spiro atoms. The van der Waals surface area contributed by atoms with Crippen molar-refractivity contribution in [2.45, 2.75) is 13.1 Å². The van der Waals surface area contributed by atoms with Crippen LogP contribution >= 0.6 is 0 Å². The Bertz CT molecular complexity index is 897. The number of fused-ring (bicyclic) bond motifs is 1. The maximum absolute atomic E-state index is 12.9. The van der Waals surface area contributed by atoms with E-state index in [-0.39, 0.29) is 12.3 Å².